The first-order valence-electron chi connectivity index (χ1n) is 22.9. The van der Waals surface area contributed by atoms with Gasteiger partial charge in [0.2, 0.25) is 0 Å². The molecule has 0 aromatic heterocycles. The minimum atomic E-state index is -2.91. The summed E-state index contributed by atoms with van der Waals surface area (Å²) in [6.07, 6.45) is 10.2. The molecular formula is C56H60O3Si2. The van der Waals surface area contributed by atoms with E-state index in [-0.39, 0.29) is 29.6 Å². The van der Waals surface area contributed by atoms with Gasteiger partial charge in [0.05, 0.1) is 18.8 Å². The lowest BCUT2D eigenvalue weighted by Gasteiger charge is -2.61. The van der Waals surface area contributed by atoms with Crippen molar-refractivity contribution in [3.05, 3.63) is 194 Å². The van der Waals surface area contributed by atoms with Crippen LogP contribution in [0.25, 0.3) is 0 Å². The van der Waals surface area contributed by atoms with Gasteiger partial charge in [0.25, 0.3) is 16.6 Å². The predicted molar refractivity (Wildman–Crippen MR) is 255 cm³/mol. The number of rotatable bonds is 11. The van der Waals surface area contributed by atoms with Crippen LogP contribution < -0.4 is 31.1 Å². The first kappa shape index (κ1) is 40.4. The average Bonchev–Trinajstić information content (AvgIpc) is 3.67. The molecule has 61 heavy (non-hydrogen) atoms. The molecule has 0 aliphatic heterocycles. The van der Waals surface area contributed by atoms with E-state index in [0.29, 0.717) is 23.7 Å². The number of hydrogen-bond donors (Lipinski definition) is 1. The van der Waals surface area contributed by atoms with Crippen LogP contribution in [0, 0.1) is 34.5 Å². The zero-order valence-corrected chi connectivity index (χ0v) is 37.8. The predicted octanol–water partition coefficient (Wildman–Crippen LogP) is 8.27. The molecule has 3 saturated carbocycles. The van der Waals surface area contributed by atoms with Gasteiger partial charge in [-0.3, -0.25) is 0 Å². The molecule has 4 aliphatic carbocycles. The Balaban J connectivity index is 0.986. The van der Waals surface area contributed by atoms with Crippen LogP contribution in [0.2, 0.25) is 0 Å². The Hall–Kier alpha value is -4.63. The van der Waals surface area contributed by atoms with Crippen LogP contribution in [0.3, 0.4) is 0 Å². The highest BCUT2D eigenvalue weighted by atomic mass is 28.4. The Labute approximate surface area is 365 Å². The lowest BCUT2D eigenvalue weighted by Crippen LogP contribution is -2.71. The standard InChI is InChI=1S/C56H60O3Si2/c1-42-39-50-51-33-34-54(59-61(47-27-15-6-16-28-47,48-29-17-7-18-30-48)49-31-19-8-20-32-49)55(51,2)37-36-52(50)56(41-57)38-35-43(40-53(42)56)58-60(44-21-9-3-10-22-44,45-23-11-4-12-24-45)46-25-13-5-14-26-46/h3-32,40,42-43,50-52,54,57H,33-39,41H2,1-2H3/t42?,43?,50-,51-,52+,54?,55-,56-/m0/s1. The van der Waals surface area contributed by atoms with Crippen LogP contribution in [0.15, 0.2) is 194 Å². The van der Waals surface area contributed by atoms with Crippen LogP contribution >= 0.6 is 0 Å². The summed E-state index contributed by atoms with van der Waals surface area (Å²) in [4.78, 5) is 0. The second-order valence-electron chi connectivity index (χ2n) is 18.9. The molecule has 310 valence electrons. The lowest BCUT2D eigenvalue weighted by atomic mass is 9.45. The normalized spacial score (nSPS) is 28.5. The van der Waals surface area contributed by atoms with Gasteiger partial charge in [0.1, 0.15) is 0 Å². The Morgan fingerprint density at radius 1 is 0.508 bits per heavy atom. The zero-order valence-electron chi connectivity index (χ0n) is 35.8. The van der Waals surface area contributed by atoms with Gasteiger partial charge in [-0.05, 0) is 105 Å². The molecule has 0 saturated heterocycles. The van der Waals surface area contributed by atoms with Gasteiger partial charge in [0, 0.05) is 5.41 Å². The minimum Gasteiger partial charge on any atom is -0.401 e. The van der Waals surface area contributed by atoms with Crippen molar-refractivity contribution in [2.75, 3.05) is 6.61 Å². The van der Waals surface area contributed by atoms with E-state index in [1.807, 2.05) is 0 Å². The first-order chi connectivity index (χ1) is 29.9. The molecular weight excluding hydrogens is 777 g/mol. The molecule has 4 aliphatic rings. The third kappa shape index (κ3) is 6.71. The summed E-state index contributed by atoms with van der Waals surface area (Å²) in [6, 6.07) is 66.3. The third-order valence-electron chi connectivity index (χ3n) is 16.0. The molecule has 8 atom stereocenters. The number of benzene rings is 6. The summed E-state index contributed by atoms with van der Waals surface area (Å²) in [5.74, 6) is 1.93. The van der Waals surface area contributed by atoms with E-state index in [1.165, 1.54) is 43.1 Å². The quantitative estimate of drug-likeness (QED) is 0.0812. The largest absolute Gasteiger partial charge is 0.401 e. The molecule has 1 N–H and O–H groups in total. The van der Waals surface area contributed by atoms with Crippen molar-refractivity contribution in [1.29, 1.82) is 0 Å². The number of aliphatic hydroxyl groups excluding tert-OH is 1. The summed E-state index contributed by atoms with van der Waals surface area (Å²) in [7, 11) is -5.79. The summed E-state index contributed by atoms with van der Waals surface area (Å²) in [5, 5.41) is 19.5. The number of fused-ring (bicyclic) bond motifs is 5. The fourth-order valence-corrected chi connectivity index (χ4v) is 21.5. The molecule has 5 heteroatoms. The lowest BCUT2D eigenvalue weighted by molar-refractivity contribution is -0.0977. The molecule has 6 aromatic rings. The summed E-state index contributed by atoms with van der Waals surface area (Å²) in [6.45, 7) is 5.25. The molecule has 0 amide bonds. The van der Waals surface area contributed by atoms with E-state index in [2.05, 4.69) is 202 Å². The van der Waals surface area contributed by atoms with Gasteiger partial charge in [0.15, 0.2) is 0 Å². The molecule has 3 nitrogen and oxygen atoms in total. The Bertz CT molecular complexity index is 2220. The van der Waals surface area contributed by atoms with Gasteiger partial charge in [-0.15, -0.1) is 0 Å². The van der Waals surface area contributed by atoms with Crippen molar-refractivity contribution < 1.29 is 14.0 Å². The summed E-state index contributed by atoms with van der Waals surface area (Å²) < 4.78 is 15.8. The van der Waals surface area contributed by atoms with Gasteiger partial charge in [-0.2, -0.15) is 0 Å². The van der Waals surface area contributed by atoms with E-state index in [1.54, 1.807) is 0 Å². The van der Waals surface area contributed by atoms with Crippen molar-refractivity contribution in [3.63, 3.8) is 0 Å². The summed E-state index contributed by atoms with van der Waals surface area (Å²) in [5.41, 5.74) is 1.31. The van der Waals surface area contributed by atoms with E-state index in [9.17, 15) is 5.11 Å². The topological polar surface area (TPSA) is 38.7 Å². The van der Waals surface area contributed by atoms with Crippen LogP contribution in [0.5, 0.6) is 0 Å². The third-order valence-corrected chi connectivity index (χ3v) is 24.2. The molecule has 10 rings (SSSR count). The maximum atomic E-state index is 11.8. The van der Waals surface area contributed by atoms with Crippen molar-refractivity contribution in [3.8, 4) is 0 Å². The van der Waals surface area contributed by atoms with Gasteiger partial charge in [-0.25, -0.2) is 0 Å². The molecule has 6 aromatic carbocycles. The second-order valence-corrected chi connectivity index (χ2v) is 25.6. The fourth-order valence-electron chi connectivity index (χ4n) is 13.3. The molecule has 0 spiro atoms. The van der Waals surface area contributed by atoms with Crippen molar-refractivity contribution in [1.82, 2.24) is 0 Å². The Kier molecular flexibility index (Phi) is 11.0. The van der Waals surface area contributed by atoms with E-state index >= 15 is 0 Å². The molecule has 0 radical (unpaired) electrons. The van der Waals surface area contributed by atoms with Crippen molar-refractivity contribution >= 4 is 47.8 Å². The van der Waals surface area contributed by atoms with Gasteiger partial charge >= 0.3 is 0 Å². The zero-order chi connectivity index (χ0) is 41.5. The van der Waals surface area contributed by atoms with Crippen molar-refractivity contribution in [2.24, 2.45) is 34.5 Å². The molecule has 0 bridgehead atoms. The molecule has 3 unspecified atom stereocenters. The highest BCUT2D eigenvalue weighted by Gasteiger charge is 2.63. The van der Waals surface area contributed by atoms with Gasteiger partial charge in [-0.1, -0.05) is 207 Å². The highest BCUT2D eigenvalue weighted by molar-refractivity contribution is 7.07. The smallest absolute Gasteiger partial charge is 0.288 e. The van der Waals surface area contributed by atoms with Crippen LogP contribution in [-0.2, 0) is 8.85 Å². The molecule has 0 heterocycles. The maximum Gasteiger partial charge on any atom is 0.288 e. The van der Waals surface area contributed by atoms with Crippen molar-refractivity contribution in [2.45, 2.75) is 71.0 Å². The number of hydrogen-bond acceptors (Lipinski definition) is 3. The Morgan fingerprint density at radius 3 is 1.33 bits per heavy atom. The van der Waals surface area contributed by atoms with Crippen LogP contribution in [0.4, 0.5) is 0 Å². The second kappa shape index (κ2) is 16.6. The van der Waals surface area contributed by atoms with E-state index in [0.717, 1.165) is 38.5 Å². The van der Waals surface area contributed by atoms with Gasteiger partial charge < -0.3 is 14.0 Å². The fraction of sp³-hybridized carbons (Fsp3) is 0.321. The van der Waals surface area contributed by atoms with Crippen LogP contribution in [0.1, 0.15) is 58.8 Å². The number of aliphatic hydroxyl groups is 1. The minimum absolute atomic E-state index is 0.0360. The average molecular weight is 837 g/mol. The monoisotopic (exact) mass is 836 g/mol. The maximum absolute atomic E-state index is 11.8. The highest BCUT2D eigenvalue weighted by Crippen LogP contribution is 2.67. The first-order valence-corrected chi connectivity index (χ1v) is 26.8. The van der Waals surface area contributed by atoms with E-state index < -0.39 is 16.6 Å². The Morgan fingerprint density at radius 2 is 0.918 bits per heavy atom. The molecule has 3 fully saturated rings. The summed E-state index contributed by atoms with van der Waals surface area (Å²) >= 11 is 0. The van der Waals surface area contributed by atoms with Crippen LogP contribution in [-0.4, -0.2) is 40.6 Å². The SMILES string of the molecule is CC1C[C@@H]2[C@@H](CC[C@]3(C)C(O[Si](c4ccccc4)(c4ccccc4)c4ccccc4)CC[C@@H]23)[C@@]2(CO)CCC(O[Si](c3ccccc3)(c3ccccc3)c3ccccc3)C=C12. The van der Waals surface area contributed by atoms with E-state index in [4.69, 9.17) is 8.85 Å².